The first-order chi connectivity index (χ1) is 13.5. The Morgan fingerprint density at radius 2 is 1.76 bits per heavy atom. The van der Waals surface area contributed by atoms with Crippen LogP contribution < -0.4 is 20.5 Å². The van der Waals surface area contributed by atoms with Crippen LogP contribution in [0.1, 0.15) is 10.5 Å². The fourth-order valence-electron chi connectivity index (χ4n) is 1.92. The third kappa shape index (κ3) is 6.73. The van der Waals surface area contributed by atoms with Gasteiger partial charge in [-0.15, -0.1) is 0 Å². The minimum Gasteiger partial charge on any atom is -0.484 e. The van der Waals surface area contributed by atoms with Gasteiger partial charge in [-0.25, -0.2) is 13.4 Å². The quantitative estimate of drug-likeness (QED) is 0.594. The predicted octanol–water partition coefficient (Wildman–Crippen LogP) is 1.04. The molecule has 29 heavy (non-hydrogen) atoms. The lowest BCUT2D eigenvalue weighted by Gasteiger charge is -2.11. The van der Waals surface area contributed by atoms with Crippen molar-refractivity contribution in [3.63, 3.8) is 0 Å². The Bertz CT molecular complexity index is 977. The highest BCUT2D eigenvalue weighted by molar-refractivity contribution is 7.92. The van der Waals surface area contributed by atoms with Crippen LogP contribution in [0.5, 0.6) is 5.75 Å². The molecule has 9 nitrogen and oxygen atoms in total. The summed E-state index contributed by atoms with van der Waals surface area (Å²) in [5, 5.41) is 1.98. The number of nitrogens with one attached hydrogen (secondary N) is 2. The molecular weight excluding hydrogens is 417 g/mol. The number of benzene rings is 1. The lowest BCUT2D eigenvalue weighted by molar-refractivity contribution is -0.153. The Balaban J connectivity index is 2.05. The van der Waals surface area contributed by atoms with Gasteiger partial charge in [0.15, 0.2) is 6.61 Å². The first-order valence-electron chi connectivity index (χ1n) is 7.83. The van der Waals surface area contributed by atoms with Crippen molar-refractivity contribution in [2.75, 3.05) is 17.9 Å². The molecule has 13 heteroatoms. The van der Waals surface area contributed by atoms with Gasteiger partial charge in [-0.2, -0.15) is 13.2 Å². The summed E-state index contributed by atoms with van der Waals surface area (Å²) >= 11 is 0. The number of ether oxygens (including phenoxy) is 1. The molecule has 2 rings (SSSR count). The molecule has 156 valence electrons. The molecule has 2 amide bonds. The Labute approximate surface area is 163 Å². The number of aromatic nitrogens is 1. The third-order valence-electron chi connectivity index (χ3n) is 3.22. The van der Waals surface area contributed by atoms with Crippen LogP contribution >= 0.6 is 0 Å². The fraction of sp³-hybridized carbons (Fsp3) is 0.188. The molecule has 0 aliphatic carbocycles. The highest BCUT2D eigenvalue weighted by Crippen LogP contribution is 2.21. The van der Waals surface area contributed by atoms with Gasteiger partial charge in [0.1, 0.15) is 11.4 Å². The number of anilines is 1. The number of nitrogens with two attached hydrogens (primary N) is 1. The Kier molecular flexibility index (Phi) is 6.76. The number of hydrogen-bond acceptors (Lipinski definition) is 7. The summed E-state index contributed by atoms with van der Waals surface area (Å²) in [5.74, 6) is -1.65. The standard InChI is InChI=1S/C16H15F3N4O5S/c17-16(18,19)9-28-11-2-4-12(5-3-11)29(26,27)23-10-1-6-13(21-8-10)15(25)22-14(24)7-20/h1-6,8,23H,7,9,20H2,(H,22,24,25). The molecule has 0 bridgehead atoms. The van der Waals surface area contributed by atoms with Crippen LogP contribution in [0.3, 0.4) is 0 Å². The molecule has 0 aliphatic heterocycles. The first-order valence-corrected chi connectivity index (χ1v) is 9.31. The molecule has 1 heterocycles. The monoisotopic (exact) mass is 432 g/mol. The summed E-state index contributed by atoms with van der Waals surface area (Å²) < 4.78 is 67.8. The van der Waals surface area contributed by atoms with E-state index in [1.165, 1.54) is 12.1 Å². The molecule has 0 unspecified atom stereocenters. The largest absolute Gasteiger partial charge is 0.484 e. The van der Waals surface area contributed by atoms with Crippen LogP contribution in [0.25, 0.3) is 0 Å². The normalized spacial score (nSPS) is 11.6. The number of pyridine rings is 1. The van der Waals surface area contributed by atoms with E-state index in [1.807, 2.05) is 5.32 Å². The summed E-state index contributed by atoms with van der Waals surface area (Å²) in [6, 6.07) is 6.74. The summed E-state index contributed by atoms with van der Waals surface area (Å²) in [6.07, 6.45) is -3.46. The minimum absolute atomic E-state index is 0.0177. The maximum atomic E-state index is 12.3. The van der Waals surface area contributed by atoms with Crippen LogP contribution in [-0.4, -0.2) is 44.5 Å². The van der Waals surface area contributed by atoms with Gasteiger partial charge in [0.2, 0.25) is 5.91 Å². The molecule has 2 aromatic rings. The molecule has 0 spiro atoms. The number of carbonyl (C=O) groups is 2. The zero-order valence-electron chi connectivity index (χ0n) is 14.6. The Morgan fingerprint density at radius 1 is 1.10 bits per heavy atom. The number of nitrogens with zero attached hydrogens (tertiary/aromatic N) is 1. The maximum Gasteiger partial charge on any atom is 0.422 e. The number of imide groups is 1. The van der Waals surface area contributed by atoms with Gasteiger partial charge in [-0.3, -0.25) is 19.6 Å². The van der Waals surface area contributed by atoms with E-state index in [0.717, 1.165) is 30.5 Å². The van der Waals surface area contributed by atoms with Crippen molar-refractivity contribution in [3.8, 4) is 5.75 Å². The van der Waals surface area contributed by atoms with Crippen molar-refractivity contribution in [1.29, 1.82) is 0 Å². The molecule has 0 saturated heterocycles. The van der Waals surface area contributed by atoms with Gasteiger partial charge in [0, 0.05) is 0 Å². The van der Waals surface area contributed by atoms with Crippen molar-refractivity contribution in [1.82, 2.24) is 10.3 Å². The average Bonchev–Trinajstić information content (AvgIpc) is 2.66. The van der Waals surface area contributed by atoms with Gasteiger partial charge in [-0.1, -0.05) is 0 Å². The van der Waals surface area contributed by atoms with E-state index in [0.29, 0.717) is 0 Å². The van der Waals surface area contributed by atoms with E-state index in [-0.39, 0.29) is 28.6 Å². The van der Waals surface area contributed by atoms with Crippen molar-refractivity contribution in [3.05, 3.63) is 48.3 Å². The number of amides is 2. The number of carbonyl (C=O) groups excluding carboxylic acids is 2. The van der Waals surface area contributed by atoms with Crippen molar-refractivity contribution < 1.29 is 35.9 Å². The summed E-state index contributed by atoms with van der Waals surface area (Å²) in [7, 11) is -4.07. The molecule has 0 atom stereocenters. The molecule has 4 N–H and O–H groups in total. The summed E-state index contributed by atoms with van der Waals surface area (Å²) in [6.45, 7) is -1.89. The minimum atomic E-state index is -4.51. The lowest BCUT2D eigenvalue weighted by atomic mass is 10.3. The van der Waals surface area contributed by atoms with Crippen LogP contribution in [-0.2, 0) is 14.8 Å². The van der Waals surface area contributed by atoms with Crippen LogP contribution in [0.15, 0.2) is 47.5 Å². The van der Waals surface area contributed by atoms with E-state index < -0.39 is 34.6 Å². The van der Waals surface area contributed by atoms with Crippen LogP contribution in [0.4, 0.5) is 18.9 Å². The highest BCUT2D eigenvalue weighted by atomic mass is 32.2. The van der Waals surface area contributed by atoms with Gasteiger partial charge < -0.3 is 10.5 Å². The molecule has 0 fully saturated rings. The Hall–Kier alpha value is -3.19. The van der Waals surface area contributed by atoms with Crippen molar-refractivity contribution in [2.24, 2.45) is 5.73 Å². The number of sulfonamides is 1. The smallest absolute Gasteiger partial charge is 0.422 e. The van der Waals surface area contributed by atoms with Crippen LogP contribution in [0.2, 0.25) is 0 Å². The van der Waals surface area contributed by atoms with Crippen molar-refractivity contribution in [2.45, 2.75) is 11.1 Å². The van der Waals surface area contributed by atoms with Crippen LogP contribution in [0, 0.1) is 0 Å². The van der Waals surface area contributed by atoms with Crippen molar-refractivity contribution >= 4 is 27.5 Å². The SMILES string of the molecule is NCC(=O)NC(=O)c1ccc(NS(=O)(=O)c2ccc(OCC(F)(F)F)cc2)cn1. The number of halogens is 3. The number of rotatable bonds is 7. The average molecular weight is 432 g/mol. The zero-order valence-corrected chi connectivity index (χ0v) is 15.4. The molecule has 1 aromatic heterocycles. The van der Waals surface area contributed by atoms with Gasteiger partial charge >= 0.3 is 6.18 Å². The molecular formula is C16H15F3N4O5S. The van der Waals surface area contributed by atoms with E-state index in [2.05, 4.69) is 14.4 Å². The second kappa shape index (κ2) is 8.87. The highest BCUT2D eigenvalue weighted by Gasteiger charge is 2.28. The van der Waals surface area contributed by atoms with E-state index >= 15 is 0 Å². The third-order valence-corrected chi connectivity index (χ3v) is 4.62. The van der Waals surface area contributed by atoms with Gasteiger partial charge in [0.05, 0.1) is 23.3 Å². The second-order valence-corrected chi connectivity index (χ2v) is 7.18. The Morgan fingerprint density at radius 3 is 2.28 bits per heavy atom. The number of alkyl halides is 3. The van der Waals surface area contributed by atoms with Gasteiger partial charge in [-0.05, 0) is 36.4 Å². The zero-order chi connectivity index (χ0) is 21.7. The molecule has 0 aliphatic rings. The lowest BCUT2D eigenvalue weighted by Crippen LogP contribution is -2.35. The van der Waals surface area contributed by atoms with E-state index in [4.69, 9.17) is 5.73 Å². The number of hydrogen-bond donors (Lipinski definition) is 3. The maximum absolute atomic E-state index is 12.3. The summed E-state index contributed by atoms with van der Waals surface area (Å²) in [5.41, 5.74) is 4.95. The first kappa shape index (κ1) is 22.1. The predicted molar refractivity (Wildman–Crippen MR) is 94.6 cm³/mol. The molecule has 1 aromatic carbocycles. The topological polar surface area (TPSA) is 140 Å². The van der Waals surface area contributed by atoms with Gasteiger partial charge in [0.25, 0.3) is 15.9 Å². The summed E-state index contributed by atoms with van der Waals surface area (Å²) in [4.78, 5) is 26.3. The van der Waals surface area contributed by atoms with E-state index in [1.54, 1.807) is 0 Å². The second-order valence-electron chi connectivity index (χ2n) is 5.49. The molecule has 0 saturated carbocycles. The molecule has 0 radical (unpaired) electrons. The fourth-order valence-corrected chi connectivity index (χ4v) is 2.97. The van der Waals surface area contributed by atoms with E-state index in [9.17, 15) is 31.2 Å².